The van der Waals surface area contributed by atoms with Crippen LogP contribution in [0, 0.1) is 0 Å². The molecular weight excluding hydrogens is 402 g/mol. The summed E-state index contributed by atoms with van der Waals surface area (Å²) in [5, 5.41) is 7.81. The van der Waals surface area contributed by atoms with Crippen LogP contribution >= 0.6 is 11.6 Å². The Morgan fingerprint density at radius 1 is 1.25 bits per heavy atom. The summed E-state index contributed by atoms with van der Waals surface area (Å²) in [5.74, 6) is 0.481. The number of amides is 1. The van der Waals surface area contributed by atoms with Gasteiger partial charge in [-0.1, -0.05) is 29.8 Å². The van der Waals surface area contributed by atoms with E-state index in [9.17, 15) is 13.2 Å². The molecule has 1 aromatic heterocycles. The molecule has 1 saturated heterocycles. The van der Waals surface area contributed by atoms with Gasteiger partial charge in [-0.25, -0.2) is 17.8 Å². The zero-order valence-electron chi connectivity index (χ0n) is 15.6. The number of hydrogen-bond acceptors (Lipinski definition) is 5. The van der Waals surface area contributed by atoms with Crippen LogP contribution in [0.4, 0.5) is 5.82 Å². The number of rotatable bonds is 7. The summed E-state index contributed by atoms with van der Waals surface area (Å²) < 4.78 is 27.0. The zero-order chi connectivity index (χ0) is 20.1. The van der Waals surface area contributed by atoms with Crippen molar-refractivity contribution < 1.29 is 13.2 Å². The smallest absolute Gasteiger partial charge is 0.239 e. The Morgan fingerprint density at radius 3 is 2.64 bits per heavy atom. The summed E-state index contributed by atoms with van der Waals surface area (Å²) in [6, 6.07) is 9.20. The minimum Gasteiger partial charge on any atom is -0.310 e. The van der Waals surface area contributed by atoms with Crippen LogP contribution in [0.5, 0.6) is 0 Å². The maximum Gasteiger partial charge on any atom is 0.239 e. The van der Waals surface area contributed by atoms with Gasteiger partial charge in [0.1, 0.15) is 5.82 Å². The van der Waals surface area contributed by atoms with Crippen LogP contribution in [-0.4, -0.2) is 60.9 Å². The Morgan fingerprint density at radius 2 is 1.96 bits per heavy atom. The van der Waals surface area contributed by atoms with Crippen molar-refractivity contribution in [3.8, 4) is 0 Å². The molecule has 10 heteroatoms. The number of anilines is 1. The molecule has 0 radical (unpaired) electrons. The van der Waals surface area contributed by atoms with Gasteiger partial charge in [-0.2, -0.15) is 5.10 Å². The van der Waals surface area contributed by atoms with Crippen LogP contribution in [0.25, 0.3) is 0 Å². The second kappa shape index (κ2) is 9.04. The lowest BCUT2D eigenvalue weighted by molar-refractivity contribution is -0.117. The molecule has 1 aliphatic rings. The standard InChI is InChI=1S/C18H24ClN5O3S/c1-28(26,27)22-15-7-10-23(11-8-15)13-18(25)21-17-6-9-20-24(17)12-14-4-2-3-5-16(14)19/h2-6,9,15,22H,7-8,10-13H2,1H3,(H,21,25). The van der Waals surface area contributed by atoms with Crippen molar-refractivity contribution in [2.75, 3.05) is 31.2 Å². The molecule has 28 heavy (non-hydrogen) atoms. The molecule has 0 spiro atoms. The highest BCUT2D eigenvalue weighted by Crippen LogP contribution is 2.18. The molecule has 152 valence electrons. The summed E-state index contributed by atoms with van der Waals surface area (Å²) in [4.78, 5) is 14.4. The molecule has 2 N–H and O–H groups in total. The van der Waals surface area contributed by atoms with Crippen molar-refractivity contribution in [3.05, 3.63) is 47.1 Å². The summed E-state index contributed by atoms with van der Waals surface area (Å²) in [6.07, 6.45) is 4.17. The van der Waals surface area contributed by atoms with E-state index < -0.39 is 10.0 Å². The van der Waals surface area contributed by atoms with Gasteiger partial charge in [0.2, 0.25) is 15.9 Å². The molecule has 0 atom stereocenters. The Kier molecular flexibility index (Phi) is 6.71. The second-order valence-corrected chi connectivity index (χ2v) is 9.14. The van der Waals surface area contributed by atoms with E-state index in [-0.39, 0.29) is 18.5 Å². The highest BCUT2D eigenvalue weighted by atomic mass is 35.5. The fourth-order valence-corrected chi connectivity index (χ4v) is 4.29. The number of benzene rings is 1. The predicted octanol–water partition coefficient (Wildman–Crippen LogP) is 1.54. The maximum atomic E-state index is 12.4. The molecule has 2 aromatic rings. The number of carbonyl (C=O) groups is 1. The topological polar surface area (TPSA) is 96.3 Å². The monoisotopic (exact) mass is 425 g/mol. The number of piperidine rings is 1. The first-order chi connectivity index (χ1) is 13.3. The number of likely N-dealkylation sites (tertiary alicyclic amines) is 1. The molecule has 0 aliphatic carbocycles. The van der Waals surface area contributed by atoms with Gasteiger partial charge in [0.05, 0.1) is 25.5 Å². The van der Waals surface area contributed by atoms with Crippen LogP contribution in [0.1, 0.15) is 18.4 Å². The molecule has 2 heterocycles. The largest absolute Gasteiger partial charge is 0.310 e. The van der Waals surface area contributed by atoms with Gasteiger partial charge in [-0.05, 0) is 24.5 Å². The highest BCUT2D eigenvalue weighted by molar-refractivity contribution is 7.88. The number of sulfonamides is 1. The number of nitrogens with one attached hydrogen (secondary N) is 2. The molecular formula is C18H24ClN5O3S. The van der Waals surface area contributed by atoms with Gasteiger partial charge in [0, 0.05) is 30.2 Å². The van der Waals surface area contributed by atoms with Gasteiger partial charge in [0.25, 0.3) is 0 Å². The van der Waals surface area contributed by atoms with Crippen LogP contribution in [0.2, 0.25) is 5.02 Å². The first-order valence-electron chi connectivity index (χ1n) is 9.05. The number of aromatic nitrogens is 2. The highest BCUT2D eigenvalue weighted by Gasteiger charge is 2.23. The van der Waals surface area contributed by atoms with E-state index in [1.807, 2.05) is 29.2 Å². The lowest BCUT2D eigenvalue weighted by Crippen LogP contribution is -2.46. The predicted molar refractivity (Wildman–Crippen MR) is 109 cm³/mol. The average molecular weight is 426 g/mol. The van der Waals surface area contributed by atoms with E-state index in [0.717, 1.165) is 5.56 Å². The Balaban J connectivity index is 1.51. The third kappa shape index (κ3) is 6.03. The fourth-order valence-electron chi connectivity index (χ4n) is 3.25. The lowest BCUT2D eigenvalue weighted by atomic mass is 10.1. The molecule has 0 unspecified atom stereocenters. The number of carbonyl (C=O) groups excluding carboxylic acids is 1. The van der Waals surface area contributed by atoms with E-state index in [0.29, 0.717) is 43.3 Å². The molecule has 0 bridgehead atoms. The summed E-state index contributed by atoms with van der Waals surface area (Å²) >= 11 is 6.20. The minimum atomic E-state index is -3.20. The van der Waals surface area contributed by atoms with Gasteiger partial charge in [-0.3, -0.25) is 9.69 Å². The molecule has 0 saturated carbocycles. The Labute approximate surface area is 169 Å². The molecule has 1 aliphatic heterocycles. The van der Waals surface area contributed by atoms with Crippen molar-refractivity contribution in [3.63, 3.8) is 0 Å². The molecule has 1 fully saturated rings. The van der Waals surface area contributed by atoms with Crippen molar-refractivity contribution in [1.82, 2.24) is 19.4 Å². The fraction of sp³-hybridized carbons (Fsp3) is 0.444. The number of nitrogens with zero attached hydrogens (tertiary/aromatic N) is 3. The Hall–Kier alpha value is -1.94. The van der Waals surface area contributed by atoms with E-state index in [1.165, 1.54) is 6.26 Å². The molecule has 1 amide bonds. The van der Waals surface area contributed by atoms with Gasteiger partial charge < -0.3 is 5.32 Å². The van der Waals surface area contributed by atoms with Gasteiger partial charge >= 0.3 is 0 Å². The number of halogens is 1. The van der Waals surface area contributed by atoms with E-state index in [2.05, 4.69) is 15.1 Å². The lowest BCUT2D eigenvalue weighted by Gasteiger charge is -2.31. The van der Waals surface area contributed by atoms with Crippen LogP contribution in [-0.2, 0) is 21.4 Å². The average Bonchev–Trinajstić information content (AvgIpc) is 3.04. The molecule has 3 rings (SSSR count). The third-order valence-electron chi connectivity index (χ3n) is 4.60. The number of hydrogen-bond donors (Lipinski definition) is 2. The second-order valence-electron chi connectivity index (χ2n) is 6.95. The summed E-state index contributed by atoms with van der Waals surface area (Å²) in [5.41, 5.74) is 0.920. The van der Waals surface area contributed by atoms with Crippen molar-refractivity contribution in [1.29, 1.82) is 0 Å². The van der Waals surface area contributed by atoms with Crippen molar-refractivity contribution in [2.45, 2.75) is 25.4 Å². The minimum absolute atomic E-state index is 0.0636. The van der Waals surface area contributed by atoms with E-state index in [1.54, 1.807) is 16.9 Å². The molecule has 8 nitrogen and oxygen atoms in total. The van der Waals surface area contributed by atoms with Crippen LogP contribution in [0.15, 0.2) is 36.5 Å². The third-order valence-corrected chi connectivity index (χ3v) is 5.73. The van der Waals surface area contributed by atoms with Crippen LogP contribution in [0.3, 0.4) is 0 Å². The van der Waals surface area contributed by atoms with Crippen molar-refractivity contribution in [2.24, 2.45) is 0 Å². The Bertz CT molecular complexity index is 923. The van der Waals surface area contributed by atoms with E-state index in [4.69, 9.17) is 11.6 Å². The first-order valence-corrected chi connectivity index (χ1v) is 11.3. The quantitative estimate of drug-likeness (QED) is 0.701. The first kappa shape index (κ1) is 20.8. The normalized spacial score (nSPS) is 16.2. The van der Waals surface area contributed by atoms with Gasteiger partial charge in [0.15, 0.2) is 0 Å². The van der Waals surface area contributed by atoms with Gasteiger partial charge in [-0.15, -0.1) is 0 Å². The zero-order valence-corrected chi connectivity index (χ0v) is 17.2. The van der Waals surface area contributed by atoms with E-state index >= 15 is 0 Å². The SMILES string of the molecule is CS(=O)(=O)NC1CCN(CC(=O)Nc2ccnn2Cc2ccccc2Cl)CC1. The summed E-state index contributed by atoms with van der Waals surface area (Å²) in [7, 11) is -3.20. The maximum absolute atomic E-state index is 12.4. The molecule has 1 aromatic carbocycles. The van der Waals surface area contributed by atoms with Crippen molar-refractivity contribution >= 4 is 33.3 Å². The summed E-state index contributed by atoms with van der Waals surface area (Å²) in [6.45, 7) is 2.05. The van der Waals surface area contributed by atoms with Crippen LogP contribution < -0.4 is 10.0 Å².